The standard InChI is InChI=1S/C18H22O7/c1-17(2)24-15-16(25-17)23-14(13(20)10-19)18(15,21)9-8-11-4-6-12(22-3)7-5-11/h4-7,13-16,19-21H,10H2,1-3H3/t13-,14-,15+,16-,18-/m1/s1. The average Bonchev–Trinajstić information content (AvgIpc) is 3.04. The smallest absolute Gasteiger partial charge is 0.191 e. The van der Waals surface area contributed by atoms with Gasteiger partial charge >= 0.3 is 0 Å². The van der Waals surface area contributed by atoms with Crippen LogP contribution in [0.1, 0.15) is 19.4 Å². The average molecular weight is 350 g/mol. The van der Waals surface area contributed by atoms with Crippen LogP contribution < -0.4 is 4.74 Å². The normalized spacial score (nSPS) is 34.1. The lowest BCUT2D eigenvalue weighted by molar-refractivity contribution is -0.235. The molecule has 0 bridgehead atoms. The number of methoxy groups -OCH3 is 1. The zero-order valence-electron chi connectivity index (χ0n) is 14.3. The van der Waals surface area contributed by atoms with E-state index < -0.39 is 42.6 Å². The summed E-state index contributed by atoms with van der Waals surface area (Å²) in [5, 5.41) is 30.4. The van der Waals surface area contributed by atoms with E-state index in [2.05, 4.69) is 11.8 Å². The molecule has 0 aromatic heterocycles. The van der Waals surface area contributed by atoms with Gasteiger partial charge in [-0.3, -0.25) is 0 Å². The third-order valence-electron chi connectivity index (χ3n) is 4.24. The highest BCUT2D eigenvalue weighted by Crippen LogP contribution is 2.43. The van der Waals surface area contributed by atoms with Crippen molar-refractivity contribution in [2.75, 3.05) is 13.7 Å². The minimum atomic E-state index is -1.83. The van der Waals surface area contributed by atoms with E-state index in [1.54, 1.807) is 45.2 Å². The van der Waals surface area contributed by atoms with Crippen molar-refractivity contribution in [2.45, 2.75) is 49.8 Å². The van der Waals surface area contributed by atoms with Gasteiger partial charge in [0.15, 0.2) is 23.8 Å². The molecular weight excluding hydrogens is 328 g/mol. The first kappa shape index (κ1) is 18.1. The van der Waals surface area contributed by atoms with E-state index in [1.165, 1.54) is 0 Å². The molecule has 7 heteroatoms. The van der Waals surface area contributed by atoms with Gasteiger partial charge < -0.3 is 34.3 Å². The maximum atomic E-state index is 11.1. The number of ether oxygens (including phenoxy) is 4. The van der Waals surface area contributed by atoms with Gasteiger partial charge in [-0.25, -0.2) is 0 Å². The van der Waals surface area contributed by atoms with Gasteiger partial charge in [0.05, 0.1) is 13.7 Å². The summed E-state index contributed by atoms with van der Waals surface area (Å²) in [6, 6.07) is 6.99. The summed E-state index contributed by atoms with van der Waals surface area (Å²) in [7, 11) is 1.57. The highest BCUT2D eigenvalue weighted by molar-refractivity contribution is 5.41. The van der Waals surface area contributed by atoms with Crippen molar-refractivity contribution in [3.63, 3.8) is 0 Å². The summed E-state index contributed by atoms with van der Waals surface area (Å²) in [5.41, 5.74) is -1.19. The molecule has 3 N–H and O–H groups in total. The summed E-state index contributed by atoms with van der Waals surface area (Å²) in [5.74, 6) is 5.36. The van der Waals surface area contributed by atoms with Gasteiger partial charge in [-0.1, -0.05) is 11.8 Å². The van der Waals surface area contributed by atoms with E-state index in [-0.39, 0.29) is 0 Å². The molecule has 0 saturated carbocycles. The third-order valence-corrected chi connectivity index (χ3v) is 4.24. The van der Waals surface area contributed by atoms with E-state index in [0.717, 1.165) is 0 Å². The minimum Gasteiger partial charge on any atom is -0.497 e. The molecule has 2 fully saturated rings. The van der Waals surface area contributed by atoms with Crippen LogP contribution in [0.25, 0.3) is 0 Å². The molecule has 0 radical (unpaired) electrons. The summed E-state index contributed by atoms with van der Waals surface area (Å²) < 4.78 is 22.0. The third kappa shape index (κ3) is 3.37. The van der Waals surface area contributed by atoms with Gasteiger partial charge in [-0.2, -0.15) is 0 Å². The molecule has 0 aliphatic carbocycles. The van der Waals surface area contributed by atoms with Gasteiger partial charge in [0.2, 0.25) is 0 Å². The van der Waals surface area contributed by atoms with Crippen LogP contribution >= 0.6 is 0 Å². The lowest BCUT2D eigenvalue weighted by Gasteiger charge is -2.31. The fourth-order valence-electron chi connectivity index (χ4n) is 3.01. The van der Waals surface area contributed by atoms with Crippen molar-refractivity contribution >= 4 is 0 Å². The molecule has 7 nitrogen and oxygen atoms in total. The Morgan fingerprint density at radius 3 is 2.52 bits per heavy atom. The van der Waals surface area contributed by atoms with Crippen LogP contribution in [0.3, 0.4) is 0 Å². The maximum Gasteiger partial charge on any atom is 0.191 e. The SMILES string of the molecule is COc1ccc(C#C[C@@]2(O)[C@@H]([C@H](O)CO)O[C@@H]3OC(C)(C)O[C@@H]32)cc1. The molecule has 136 valence electrons. The topological polar surface area (TPSA) is 97.6 Å². The summed E-state index contributed by atoms with van der Waals surface area (Å²) in [4.78, 5) is 0. The lowest BCUT2D eigenvalue weighted by Crippen LogP contribution is -2.53. The van der Waals surface area contributed by atoms with Crippen LogP contribution in [0.4, 0.5) is 0 Å². The Balaban J connectivity index is 1.92. The monoisotopic (exact) mass is 350 g/mol. The second kappa shape index (κ2) is 6.57. The van der Waals surface area contributed by atoms with Crippen LogP contribution in [-0.2, 0) is 14.2 Å². The molecule has 2 aliphatic heterocycles. The molecule has 1 aromatic rings. The van der Waals surface area contributed by atoms with Gasteiger partial charge in [-0.15, -0.1) is 0 Å². The fourth-order valence-corrected chi connectivity index (χ4v) is 3.01. The van der Waals surface area contributed by atoms with E-state index in [4.69, 9.17) is 18.9 Å². The largest absolute Gasteiger partial charge is 0.497 e. The number of hydrogen-bond acceptors (Lipinski definition) is 7. The number of fused-ring (bicyclic) bond motifs is 1. The van der Waals surface area contributed by atoms with Gasteiger partial charge in [0.1, 0.15) is 18.0 Å². The molecule has 3 rings (SSSR count). The van der Waals surface area contributed by atoms with Crippen LogP contribution in [0, 0.1) is 11.8 Å². The van der Waals surface area contributed by atoms with Crippen LogP contribution in [-0.4, -0.2) is 65.0 Å². The zero-order valence-corrected chi connectivity index (χ0v) is 14.3. The van der Waals surface area contributed by atoms with Crippen LogP contribution in [0.2, 0.25) is 0 Å². The van der Waals surface area contributed by atoms with Crippen molar-refractivity contribution in [2.24, 2.45) is 0 Å². The number of aliphatic hydroxyl groups excluding tert-OH is 2. The molecule has 2 aliphatic rings. The Morgan fingerprint density at radius 1 is 1.24 bits per heavy atom. The lowest BCUT2D eigenvalue weighted by atomic mass is 9.89. The molecular formula is C18H22O7. The molecule has 25 heavy (non-hydrogen) atoms. The first-order valence-electron chi connectivity index (χ1n) is 7.99. The van der Waals surface area contributed by atoms with E-state index in [0.29, 0.717) is 11.3 Å². The Labute approximate surface area is 146 Å². The number of benzene rings is 1. The van der Waals surface area contributed by atoms with Crippen LogP contribution in [0.5, 0.6) is 5.75 Å². The molecule has 2 saturated heterocycles. The second-order valence-corrected chi connectivity index (χ2v) is 6.53. The molecule has 2 heterocycles. The fraction of sp³-hybridized carbons (Fsp3) is 0.556. The van der Waals surface area contributed by atoms with Gasteiger partial charge in [0.25, 0.3) is 0 Å². The Bertz CT molecular complexity index is 675. The van der Waals surface area contributed by atoms with Crippen molar-refractivity contribution in [3.8, 4) is 17.6 Å². The summed E-state index contributed by atoms with van der Waals surface area (Å²) >= 11 is 0. The summed E-state index contributed by atoms with van der Waals surface area (Å²) in [6.45, 7) is 2.81. The van der Waals surface area contributed by atoms with Crippen molar-refractivity contribution in [1.29, 1.82) is 0 Å². The Kier molecular flexibility index (Phi) is 4.77. The molecule has 5 atom stereocenters. The Hall–Kier alpha value is -1.66. The quantitative estimate of drug-likeness (QED) is 0.661. The van der Waals surface area contributed by atoms with Crippen LogP contribution in [0.15, 0.2) is 24.3 Å². The highest BCUT2D eigenvalue weighted by Gasteiger charge is 2.64. The molecule has 0 unspecified atom stereocenters. The van der Waals surface area contributed by atoms with E-state index in [9.17, 15) is 15.3 Å². The molecule has 0 amide bonds. The van der Waals surface area contributed by atoms with Gasteiger partial charge in [-0.05, 0) is 38.1 Å². The highest BCUT2D eigenvalue weighted by atomic mass is 16.8. The maximum absolute atomic E-state index is 11.1. The predicted octanol–water partition coefficient (Wildman–Crippen LogP) is 0.00740. The molecule has 0 spiro atoms. The molecule has 1 aromatic carbocycles. The number of hydrogen-bond donors (Lipinski definition) is 3. The first-order chi connectivity index (χ1) is 11.8. The zero-order chi connectivity index (χ0) is 18.2. The number of rotatable bonds is 3. The number of aliphatic hydroxyl groups is 3. The first-order valence-corrected chi connectivity index (χ1v) is 7.99. The van der Waals surface area contributed by atoms with Crippen molar-refractivity contribution in [3.05, 3.63) is 29.8 Å². The minimum absolute atomic E-state index is 0.583. The van der Waals surface area contributed by atoms with Crippen molar-refractivity contribution in [1.82, 2.24) is 0 Å². The van der Waals surface area contributed by atoms with E-state index in [1.807, 2.05) is 0 Å². The van der Waals surface area contributed by atoms with Crippen molar-refractivity contribution < 1.29 is 34.3 Å². The second-order valence-electron chi connectivity index (χ2n) is 6.53. The summed E-state index contributed by atoms with van der Waals surface area (Å²) in [6.07, 6.45) is -4.26. The Morgan fingerprint density at radius 2 is 1.92 bits per heavy atom. The predicted molar refractivity (Wildman–Crippen MR) is 86.6 cm³/mol. The van der Waals surface area contributed by atoms with E-state index >= 15 is 0 Å². The van der Waals surface area contributed by atoms with Gasteiger partial charge in [0, 0.05) is 5.56 Å².